The van der Waals surface area contributed by atoms with Gasteiger partial charge in [-0.1, -0.05) is 19.1 Å². The second-order valence-electron chi connectivity index (χ2n) is 6.18. The van der Waals surface area contributed by atoms with Gasteiger partial charge in [0.1, 0.15) is 0 Å². The SMILES string of the molecule is CC(CN)C(=O)Nc1ccc(CC(=O)N2CCN(C)CC2)cc1.Cl.Cl. The van der Waals surface area contributed by atoms with Crippen molar-refractivity contribution in [2.45, 2.75) is 13.3 Å². The van der Waals surface area contributed by atoms with Gasteiger partial charge in [0, 0.05) is 44.3 Å². The predicted molar refractivity (Wildman–Crippen MR) is 106 cm³/mol. The van der Waals surface area contributed by atoms with Crippen LogP contribution in [-0.4, -0.2) is 61.4 Å². The standard InChI is InChI=1S/C17H26N4O2.2ClH/c1-13(12-18)17(23)19-15-5-3-14(4-6-15)11-16(22)21-9-7-20(2)8-10-21;;/h3-6,13H,7-12,18H2,1-2H3,(H,19,23);2*1H. The Morgan fingerprint density at radius 3 is 2.20 bits per heavy atom. The van der Waals surface area contributed by atoms with E-state index < -0.39 is 0 Å². The molecule has 1 heterocycles. The number of nitrogens with one attached hydrogen (secondary N) is 1. The average molecular weight is 391 g/mol. The maximum atomic E-state index is 12.3. The molecule has 2 amide bonds. The number of nitrogens with two attached hydrogens (primary N) is 1. The third kappa shape index (κ3) is 7.20. The summed E-state index contributed by atoms with van der Waals surface area (Å²) < 4.78 is 0. The van der Waals surface area contributed by atoms with Crippen LogP contribution in [0.1, 0.15) is 12.5 Å². The highest BCUT2D eigenvalue weighted by molar-refractivity contribution is 5.92. The third-order valence-electron chi connectivity index (χ3n) is 4.23. The van der Waals surface area contributed by atoms with Gasteiger partial charge in [0.25, 0.3) is 0 Å². The van der Waals surface area contributed by atoms with Crippen LogP contribution in [0.3, 0.4) is 0 Å². The highest BCUT2D eigenvalue weighted by atomic mass is 35.5. The summed E-state index contributed by atoms with van der Waals surface area (Å²) in [6.07, 6.45) is 0.400. The van der Waals surface area contributed by atoms with E-state index in [9.17, 15) is 9.59 Å². The minimum atomic E-state index is -0.214. The minimum absolute atomic E-state index is 0. The van der Waals surface area contributed by atoms with Gasteiger partial charge in [0.15, 0.2) is 0 Å². The van der Waals surface area contributed by atoms with Crippen LogP contribution in [0.5, 0.6) is 0 Å². The highest BCUT2D eigenvalue weighted by Crippen LogP contribution is 2.13. The first kappa shape index (κ1) is 23.7. The number of halogens is 2. The summed E-state index contributed by atoms with van der Waals surface area (Å²) in [6.45, 7) is 5.55. The van der Waals surface area contributed by atoms with E-state index in [1.165, 1.54) is 0 Å². The molecule has 1 fully saturated rings. The highest BCUT2D eigenvalue weighted by Gasteiger charge is 2.19. The van der Waals surface area contributed by atoms with Gasteiger partial charge in [-0.2, -0.15) is 0 Å². The molecule has 1 saturated heterocycles. The Kier molecular flexibility index (Phi) is 10.7. The number of nitrogens with zero attached hydrogens (tertiary/aromatic N) is 2. The Morgan fingerprint density at radius 2 is 1.68 bits per heavy atom. The molecule has 1 aliphatic heterocycles. The molecule has 0 spiro atoms. The van der Waals surface area contributed by atoms with E-state index in [1.54, 1.807) is 6.92 Å². The molecule has 25 heavy (non-hydrogen) atoms. The Hall–Kier alpha value is -1.34. The Balaban J connectivity index is 0.00000288. The number of rotatable bonds is 5. The van der Waals surface area contributed by atoms with Gasteiger partial charge in [0.2, 0.25) is 11.8 Å². The summed E-state index contributed by atoms with van der Waals surface area (Å²) in [6, 6.07) is 7.43. The maximum absolute atomic E-state index is 12.3. The topological polar surface area (TPSA) is 78.7 Å². The molecule has 142 valence electrons. The molecule has 8 heteroatoms. The molecule has 1 aromatic carbocycles. The molecule has 3 N–H and O–H groups in total. The lowest BCUT2D eigenvalue weighted by atomic mass is 10.1. The van der Waals surface area contributed by atoms with Gasteiger partial charge in [-0.05, 0) is 24.7 Å². The number of hydrogen-bond donors (Lipinski definition) is 2. The minimum Gasteiger partial charge on any atom is -0.340 e. The van der Waals surface area contributed by atoms with E-state index in [1.807, 2.05) is 29.2 Å². The molecular formula is C17H28Cl2N4O2. The number of benzene rings is 1. The fourth-order valence-electron chi connectivity index (χ4n) is 2.42. The van der Waals surface area contributed by atoms with Crippen molar-refractivity contribution in [3.63, 3.8) is 0 Å². The van der Waals surface area contributed by atoms with E-state index in [0.29, 0.717) is 13.0 Å². The maximum Gasteiger partial charge on any atom is 0.228 e. The Morgan fingerprint density at radius 1 is 1.12 bits per heavy atom. The smallest absolute Gasteiger partial charge is 0.228 e. The lowest BCUT2D eigenvalue weighted by Crippen LogP contribution is -2.47. The molecular weight excluding hydrogens is 363 g/mol. The van der Waals surface area contributed by atoms with Crippen molar-refractivity contribution in [1.29, 1.82) is 0 Å². The number of piperazine rings is 1. The quantitative estimate of drug-likeness (QED) is 0.795. The Labute approximate surface area is 161 Å². The lowest BCUT2D eigenvalue weighted by molar-refractivity contribution is -0.132. The van der Waals surface area contributed by atoms with E-state index in [4.69, 9.17) is 5.73 Å². The second kappa shape index (κ2) is 11.3. The number of carbonyl (C=O) groups is 2. The predicted octanol–water partition coefficient (Wildman–Crippen LogP) is 1.38. The summed E-state index contributed by atoms with van der Waals surface area (Å²) in [5.74, 6) is -0.145. The van der Waals surface area contributed by atoms with Crippen LogP contribution in [0, 0.1) is 5.92 Å². The fourth-order valence-corrected chi connectivity index (χ4v) is 2.42. The molecule has 0 aromatic heterocycles. The van der Waals surface area contributed by atoms with Crippen molar-refractivity contribution in [3.05, 3.63) is 29.8 Å². The van der Waals surface area contributed by atoms with Gasteiger partial charge in [-0.3, -0.25) is 9.59 Å². The average Bonchev–Trinajstić information content (AvgIpc) is 2.56. The second-order valence-corrected chi connectivity index (χ2v) is 6.18. The van der Waals surface area contributed by atoms with Crippen LogP contribution >= 0.6 is 24.8 Å². The number of carbonyl (C=O) groups excluding carboxylic acids is 2. The lowest BCUT2D eigenvalue weighted by Gasteiger charge is -2.32. The first-order valence-electron chi connectivity index (χ1n) is 8.05. The zero-order valence-corrected chi connectivity index (χ0v) is 16.4. The molecule has 0 radical (unpaired) electrons. The zero-order chi connectivity index (χ0) is 16.8. The Bertz CT molecular complexity index is 546. The summed E-state index contributed by atoms with van der Waals surface area (Å²) >= 11 is 0. The van der Waals surface area contributed by atoms with Crippen molar-refractivity contribution < 1.29 is 9.59 Å². The molecule has 6 nitrogen and oxygen atoms in total. The summed E-state index contributed by atoms with van der Waals surface area (Å²) in [7, 11) is 2.07. The number of anilines is 1. The molecule has 1 aromatic rings. The van der Waals surface area contributed by atoms with Crippen LogP contribution in [0.2, 0.25) is 0 Å². The van der Waals surface area contributed by atoms with Crippen molar-refractivity contribution in [3.8, 4) is 0 Å². The van der Waals surface area contributed by atoms with Crippen LogP contribution in [0.15, 0.2) is 24.3 Å². The molecule has 1 unspecified atom stereocenters. The van der Waals surface area contributed by atoms with Gasteiger partial charge < -0.3 is 20.9 Å². The molecule has 0 saturated carbocycles. The van der Waals surface area contributed by atoms with Gasteiger partial charge >= 0.3 is 0 Å². The van der Waals surface area contributed by atoms with Crippen molar-refractivity contribution >= 4 is 42.3 Å². The van der Waals surface area contributed by atoms with Crippen LogP contribution in [0.25, 0.3) is 0 Å². The molecule has 2 rings (SSSR count). The van der Waals surface area contributed by atoms with Gasteiger partial charge in [0.05, 0.1) is 6.42 Å². The van der Waals surface area contributed by atoms with Crippen molar-refractivity contribution in [1.82, 2.24) is 9.80 Å². The van der Waals surface area contributed by atoms with E-state index in [0.717, 1.165) is 37.4 Å². The van der Waals surface area contributed by atoms with Crippen LogP contribution < -0.4 is 11.1 Å². The zero-order valence-electron chi connectivity index (χ0n) is 14.7. The van der Waals surface area contributed by atoms with Crippen LogP contribution in [-0.2, 0) is 16.0 Å². The molecule has 1 aliphatic rings. The normalized spacial score (nSPS) is 15.6. The van der Waals surface area contributed by atoms with E-state index in [2.05, 4.69) is 17.3 Å². The van der Waals surface area contributed by atoms with E-state index in [-0.39, 0.29) is 42.5 Å². The van der Waals surface area contributed by atoms with Gasteiger partial charge in [-0.15, -0.1) is 24.8 Å². The molecule has 1 atom stereocenters. The van der Waals surface area contributed by atoms with Crippen molar-refractivity contribution in [2.75, 3.05) is 45.1 Å². The third-order valence-corrected chi connectivity index (χ3v) is 4.23. The van der Waals surface area contributed by atoms with Crippen molar-refractivity contribution in [2.24, 2.45) is 11.7 Å². The first-order valence-corrected chi connectivity index (χ1v) is 8.05. The molecule has 0 aliphatic carbocycles. The summed E-state index contributed by atoms with van der Waals surface area (Å²) in [4.78, 5) is 28.2. The summed E-state index contributed by atoms with van der Waals surface area (Å²) in [5.41, 5.74) is 7.16. The first-order chi connectivity index (χ1) is 11.0. The van der Waals surface area contributed by atoms with Crippen LogP contribution in [0.4, 0.5) is 5.69 Å². The number of amides is 2. The summed E-state index contributed by atoms with van der Waals surface area (Å²) in [5, 5.41) is 2.82. The number of likely N-dealkylation sites (N-methyl/N-ethyl adjacent to an activating group) is 1. The fraction of sp³-hybridized carbons (Fsp3) is 0.529. The van der Waals surface area contributed by atoms with E-state index >= 15 is 0 Å². The van der Waals surface area contributed by atoms with Gasteiger partial charge in [-0.25, -0.2) is 0 Å². The monoisotopic (exact) mass is 390 g/mol. The largest absolute Gasteiger partial charge is 0.340 e. The molecule has 0 bridgehead atoms. The number of hydrogen-bond acceptors (Lipinski definition) is 4.